The Labute approximate surface area is 131 Å². The molecule has 3 heterocycles. The van der Waals surface area contributed by atoms with Crippen molar-refractivity contribution in [1.82, 2.24) is 15.3 Å². The highest BCUT2D eigenvalue weighted by atomic mass is 32.1. The fourth-order valence-electron chi connectivity index (χ4n) is 2.04. The van der Waals surface area contributed by atoms with Gasteiger partial charge < -0.3 is 14.5 Å². The molecule has 1 amide bonds. The van der Waals surface area contributed by atoms with Gasteiger partial charge >= 0.3 is 0 Å². The summed E-state index contributed by atoms with van der Waals surface area (Å²) in [6.45, 7) is 4.27. The first-order chi connectivity index (χ1) is 10.6. The molecule has 0 fully saturated rings. The highest BCUT2D eigenvalue weighted by Gasteiger charge is 2.14. The van der Waals surface area contributed by atoms with E-state index >= 15 is 0 Å². The van der Waals surface area contributed by atoms with Gasteiger partial charge in [-0.3, -0.25) is 4.79 Å². The molecule has 0 aliphatic heterocycles. The average Bonchev–Trinajstić information content (AvgIpc) is 3.12. The second kappa shape index (κ2) is 6.15. The molecule has 1 N–H and O–H groups in total. The summed E-state index contributed by atoms with van der Waals surface area (Å²) in [5.41, 5.74) is 1.09. The third-order valence-corrected chi connectivity index (χ3v) is 4.43. The molecule has 6 nitrogen and oxygen atoms in total. The minimum atomic E-state index is -0.229. The van der Waals surface area contributed by atoms with Gasteiger partial charge in [0.15, 0.2) is 6.61 Å². The number of hydrogen-bond acceptors (Lipinski definition) is 6. The molecule has 22 heavy (non-hydrogen) atoms. The number of aryl methyl sites for hydroxylation is 2. The molecule has 3 rings (SSSR count). The van der Waals surface area contributed by atoms with E-state index < -0.39 is 0 Å². The Bertz CT molecular complexity index is 796. The number of amides is 1. The average molecular weight is 317 g/mol. The second-order valence-corrected chi connectivity index (χ2v) is 5.99. The summed E-state index contributed by atoms with van der Waals surface area (Å²) in [4.78, 5) is 22.2. The van der Waals surface area contributed by atoms with E-state index in [1.54, 1.807) is 29.7 Å². The Morgan fingerprint density at radius 3 is 3.05 bits per heavy atom. The first-order valence-corrected chi connectivity index (χ1v) is 7.59. The minimum Gasteiger partial charge on any atom is -0.467 e. The molecular formula is C15H15N3O3S. The van der Waals surface area contributed by atoms with E-state index in [4.69, 9.17) is 9.15 Å². The van der Waals surface area contributed by atoms with Gasteiger partial charge in [0.05, 0.1) is 18.2 Å². The van der Waals surface area contributed by atoms with E-state index in [1.807, 2.05) is 13.8 Å². The van der Waals surface area contributed by atoms with Crippen LogP contribution in [0.3, 0.4) is 0 Å². The van der Waals surface area contributed by atoms with Crippen molar-refractivity contribution in [3.63, 3.8) is 0 Å². The number of ether oxygens (including phenoxy) is 1. The predicted octanol–water partition coefficient (Wildman–Crippen LogP) is 2.60. The summed E-state index contributed by atoms with van der Waals surface area (Å²) in [6, 6.07) is 3.57. The fraction of sp³-hybridized carbons (Fsp3) is 0.267. The van der Waals surface area contributed by atoms with Gasteiger partial charge in [-0.1, -0.05) is 0 Å². The maximum atomic E-state index is 11.8. The summed E-state index contributed by atoms with van der Waals surface area (Å²) in [5.74, 6) is 0.912. The molecule has 0 spiro atoms. The van der Waals surface area contributed by atoms with E-state index in [1.165, 1.54) is 11.2 Å². The largest absolute Gasteiger partial charge is 0.467 e. The lowest BCUT2D eigenvalue weighted by Crippen LogP contribution is -2.28. The van der Waals surface area contributed by atoms with E-state index in [0.717, 1.165) is 15.8 Å². The van der Waals surface area contributed by atoms with Crippen molar-refractivity contribution < 1.29 is 13.9 Å². The molecule has 3 aromatic rings. The van der Waals surface area contributed by atoms with Crippen molar-refractivity contribution in [1.29, 1.82) is 0 Å². The first-order valence-electron chi connectivity index (χ1n) is 6.77. The van der Waals surface area contributed by atoms with Crippen LogP contribution in [0.2, 0.25) is 0 Å². The third-order valence-electron chi connectivity index (χ3n) is 3.31. The predicted molar refractivity (Wildman–Crippen MR) is 82.9 cm³/mol. The Hall–Kier alpha value is -2.41. The molecule has 0 radical (unpaired) electrons. The quantitative estimate of drug-likeness (QED) is 0.782. The van der Waals surface area contributed by atoms with Crippen LogP contribution in [-0.2, 0) is 11.3 Å². The monoisotopic (exact) mass is 317 g/mol. The topological polar surface area (TPSA) is 77.2 Å². The van der Waals surface area contributed by atoms with Crippen molar-refractivity contribution in [3.05, 3.63) is 40.9 Å². The van der Waals surface area contributed by atoms with Crippen LogP contribution in [0.4, 0.5) is 0 Å². The Balaban J connectivity index is 1.65. The summed E-state index contributed by atoms with van der Waals surface area (Å²) in [5, 5.41) is 3.60. The molecule has 0 bridgehead atoms. The molecule has 0 aliphatic rings. The molecule has 3 aromatic heterocycles. The molecule has 0 aliphatic carbocycles. The lowest BCUT2D eigenvalue weighted by molar-refractivity contribution is -0.123. The first kappa shape index (κ1) is 14.5. The number of nitrogens with one attached hydrogen (secondary N) is 1. The van der Waals surface area contributed by atoms with Gasteiger partial charge in [-0.25, -0.2) is 9.97 Å². The molecule has 0 saturated heterocycles. The molecule has 0 aromatic carbocycles. The molecule has 0 saturated carbocycles. The van der Waals surface area contributed by atoms with Crippen molar-refractivity contribution in [2.75, 3.05) is 6.61 Å². The van der Waals surface area contributed by atoms with Crippen LogP contribution in [-0.4, -0.2) is 22.5 Å². The van der Waals surface area contributed by atoms with Crippen LogP contribution in [0.5, 0.6) is 5.88 Å². The molecule has 0 atom stereocenters. The van der Waals surface area contributed by atoms with Gasteiger partial charge in [-0.2, -0.15) is 0 Å². The van der Waals surface area contributed by atoms with Gasteiger partial charge in [0.25, 0.3) is 5.91 Å². The maximum absolute atomic E-state index is 11.8. The summed E-state index contributed by atoms with van der Waals surface area (Å²) in [6.07, 6.45) is 3.02. The Morgan fingerprint density at radius 2 is 2.27 bits per heavy atom. The highest BCUT2D eigenvalue weighted by Crippen LogP contribution is 2.33. The zero-order valence-corrected chi connectivity index (χ0v) is 13.1. The molecule has 0 unspecified atom stereocenters. The van der Waals surface area contributed by atoms with Crippen molar-refractivity contribution in [2.24, 2.45) is 0 Å². The minimum absolute atomic E-state index is 0.0961. The van der Waals surface area contributed by atoms with Crippen molar-refractivity contribution >= 4 is 27.5 Å². The summed E-state index contributed by atoms with van der Waals surface area (Å²) < 4.78 is 10.7. The van der Waals surface area contributed by atoms with Crippen LogP contribution < -0.4 is 10.1 Å². The van der Waals surface area contributed by atoms with Crippen molar-refractivity contribution in [2.45, 2.75) is 20.4 Å². The molecule has 114 valence electrons. The number of carbonyl (C=O) groups excluding carboxylic acids is 1. The lowest BCUT2D eigenvalue weighted by atomic mass is 10.2. The van der Waals surface area contributed by atoms with Crippen LogP contribution in [0, 0.1) is 13.8 Å². The Morgan fingerprint density at radius 1 is 1.41 bits per heavy atom. The second-order valence-electron chi connectivity index (χ2n) is 4.79. The number of rotatable bonds is 5. The number of nitrogens with zero attached hydrogens (tertiary/aromatic N) is 2. The van der Waals surface area contributed by atoms with Gasteiger partial charge in [-0.05, 0) is 31.5 Å². The highest BCUT2D eigenvalue weighted by molar-refractivity contribution is 7.18. The fourth-order valence-corrected chi connectivity index (χ4v) is 3.03. The van der Waals surface area contributed by atoms with Crippen LogP contribution in [0.1, 0.15) is 16.2 Å². The van der Waals surface area contributed by atoms with E-state index in [2.05, 4.69) is 15.3 Å². The van der Waals surface area contributed by atoms with E-state index in [9.17, 15) is 4.79 Å². The molecule has 7 heteroatoms. The summed E-state index contributed by atoms with van der Waals surface area (Å²) in [7, 11) is 0. The number of furan rings is 1. The number of aromatic nitrogens is 2. The van der Waals surface area contributed by atoms with Gasteiger partial charge in [0.1, 0.15) is 16.9 Å². The zero-order valence-electron chi connectivity index (χ0n) is 12.3. The van der Waals surface area contributed by atoms with Crippen LogP contribution in [0.15, 0.2) is 29.1 Å². The standard InChI is InChI=1S/C15H15N3O3S/c1-9-10(2)22-15-13(9)14(17-8-18-15)21-7-12(19)16-6-11-4-3-5-20-11/h3-5,8H,6-7H2,1-2H3,(H,16,19). The van der Waals surface area contributed by atoms with Gasteiger partial charge in [-0.15, -0.1) is 11.3 Å². The van der Waals surface area contributed by atoms with Crippen molar-refractivity contribution in [3.8, 4) is 5.88 Å². The number of hydrogen-bond donors (Lipinski definition) is 1. The summed E-state index contributed by atoms with van der Waals surface area (Å²) >= 11 is 1.59. The van der Waals surface area contributed by atoms with Gasteiger partial charge in [0.2, 0.25) is 5.88 Å². The van der Waals surface area contributed by atoms with Crippen LogP contribution in [0.25, 0.3) is 10.2 Å². The van der Waals surface area contributed by atoms with E-state index in [-0.39, 0.29) is 12.5 Å². The van der Waals surface area contributed by atoms with Crippen LogP contribution >= 0.6 is 11.3 Å². The number of thiophene rings is 1. The third kappa shape index (κ3) is 2.94. The smallest absolute Gasteiger partial charge is 0.258 e. The SMILES string of the molecule is Cc1sc2ncnc(OCC(=O)NCc3ccco3)c2c1C. The zero-order chi connectivity index (χ0) is 15.5. The molecular weight excluding hydrogens is 302 g/mol. The lowest BCUT2D eigenvalue weighted by Gasteiger charge is -2.07. The number of carbonyl (C=O) groups is 1. The number of fused-ring (bicyclic) bond motifs is 1. The maximum Gasteiger partial charge on any atom is 0.258 e. The van der Waals surface area contributed by atoms with E-state index in [0.29, 0.717) is 18.2 Å². The normalized spacial score (nSPS) is 10.8. The van der Waals surface area contributed by atoms with Gasteiger partial charge in [0, 0.05) is 4.88 Å². The Kier molecular flexibility index (Phi) is 4.06.